The Hall–Kier alpha value is -2.22. The summed E-state index contributed by atoms with van der Waals surface area (Å²) in [7, 11) is 0. The standard InChI is InChI=1S/C21H22Cl2N4O2S/c1-4-27-18(11-29-17-10-5-7-13(2)14(17)3)25-26-21(27)30-12-19(28)24-16-9-6-8-15(22)20(16)23/h5-10H,4,11-12H2,1-3H3,(H,24,28). The number of halogens is 2. The second-order valence-corrected chi connectivity index (χ2v) is 8.30. The Bertz CT molecular complexity index is 1060. The molecular weight excluding hydrogens is 443 g/mol. The SMILES string of the molecule is CCn1c(COc2cccc(C)c2C)nnc1SCC(=O)Nc1cccc(Cl)c1Cl. The molecule has 0 fully saturated rings. The lowest BCUT2D eigenvalue weighted by atomic mass is 10.1. The quantitative estimate of drug-likeness (QED) is 0.443. The number of carbonyl (C=O) groups excluding carboxylic acids is 1. The number of ether oxygens (including phenoxy) is 1. The fourth-order valence-corrected chi connectivity index (χ4v) is 3.96. The van der Waals surface area contributed by atoms with E-state index in [1.165, 1.54) is 17.3 Å². The molecular formula is C21H22Cl2N4O2S. The Morgan fingerprint density at radius 2 is 1.93 bits per heavy atom. The average molecular weight is 465 g/mol. The molecule has 0 aliphatic heterocycles. The number of thioether (sulfide) groups is 1. The van der Waals surface area contributed by atoms with Gasteiger partial charge in [-0.25, -0.2) is 0 Å². The van der Waals surface area contributed by atoms with Crippen molar-refractivity contribution in [1.82, 2.24) is 14.8 Å². The molecule has 1 amide bonds. The molecule has 0 spiro atoms. The molecule has 0 radical (unpaired) electrons. The van der Waals surface area contributed by atoms with E-state index in [9.17, 15) is 4.79 Å². The fraction of sp³-hybridized carbons (Fsp3) is 0.286. The van der Waals surface area contributed by atoms with Gasteiger partial charge in [-0.05, 0) is 50.1 Å². The third-order valence-corrected chi connectivity index (χ3v) is 6.37. The number of amides is 1. The van der Waals surface area contributed by atoms with E-state index in [4.69, 9.17) is 27.9 Å². The summed E-state index contributed by atoms with van der Waals surface area (Å²) in [6.07, 6.45) is 0. The number of hydrogen-bond donors (Lipinski definition) is 1. The van der Waals surface area contributed by atoms with Crippen molar-refractivity contribution in [3.63, 3.8) is 0 Å². The van der Waals surface area contributed by atoms with Gasteiger partial charge in [-0.1, -0.05) is 53.2 Å². The number of anilines is 1. The van der Waals surface area contributed by atoms with Crippen LogP contribution in [0.5, 0.6) is 5.75 Å². The highest BCUT2D eigenvalue weighted by Gasteiger charge is 2.15. The predicted molar refractivity (Wildman–Crippen MR) is 122 cm³/mol. The van der Waals surface area contributed by atoms with Gasteiger partial charge in [-0.3, -0.25) is 4.79 Å². The van der Waals surface area contributed by atoms with E-state index in [1.807, 2.05) is 43.5 Å². The molecule has 2 aromatic carbocycles. The lowest BCUT2D eigenvalue weighted by Gasteiger charge is -2.12. The summed E-state index contributed by atoms with van der Waals surface area (Å²) < 4.78 is 7.89. The van der Waals surface area contributed by atoms with Crippen molar-refractivity contribution >= 4 is 46.6 Å². The molecule has 6 nitrogen and oxygen atoms in total. The van der Waals surface area contributed by atoms with Crippen molar-refractivity contribution in [3.05, 3.63) is 63.4 Å². The maximum absolute atomic E-state index is 12.3. The van der Waals surface area contributed by atoms with Gasteiger partial charge in [0.1, 0.15) is 12.4 Å². The van der Waals surface area contributed by atoms with Crippen LogP contribution in [-0.2, 0) is 17.9 Å². The largest absolute Gasteiger partial charge is 0.485 e. The summed E-state index contributed by atoms with van der Waals surface area (Å²) in [5.74, 6) is 1.49. The molecule has 0 atom stereocenters. The predicted octanol–water partition coefficient (Wildman–Crippen LogP) is 5.53. The molecule has 0 aliphatic carbocycles. The minimum atomic E-state index is -0.206. The Balaban J connectivity index is 1.62. The Morgan fingerprint density at radius 3 is 2.70 bits per heavy atom. The zero-order valence-corrected chi connectivity index (χ0v) is 19.2. The van der Waals surface area contributed by atoms with Crippen LogP contribution in [0, 0.1) is 13.8 Å². The summed E-state index contributed by atoms with van der Waals surface area (Å²) >= 11 is 13.4. The second-order valence-electron chi connectivity index (χ2n) is 6.57. The molecule has 3 aromatic rings. The highest BCUT2D eigenvalue weighted by molar-refractivity contribution is 7.99. The van der Waals surface area contributed by atoms with Gasteiger partial charge in [0, 0.05) is 6.54 Å². The van der Waals surface area contributed by atoms with Gasteiger partial charge < -0.3 is 14.6 Å². The van der Waals surface area contributed by atoms with Gasteiger partial charge in [0.2, 0.25) is 5.91 Å². The minimum Gasteiger partial charge on any atom is -0.485 e. The van der Waals surface area contributed by atoms with Crippen molar-refractivity contribution in [2.24, 2.45) is 0 Å². The van der Waals surface area contributed by atoms with Gasteiger partial charge in [-0.2, -0.15) is 0 Å². The third-order valence-electron chi connectivity index (χ3n) is 4.58. The maximum Gasteiger partial charge on any atom is 0.234 e. The molecule has 1 heterocycles. The Morgan fingerprint density at radius 1 is 1.17 bits per heavy atom. The van der Waals surface area contributed by atoms with Gasteiger partial charge >= 0.3 is 0 Å². The molecule has 0 bridgehead atoms. The van der Waals surface area contributed by atoms with Crippen LogP contribution >= 0.6 is 35.0 Å². The number of hydrogen-bond acceptors (Lipinski definition) is 5. The first-order valence-corrected chi connectivity index (χ1v) is 11.1. The Kier molecular flexibility index (Phi) is 7.64. The van der Waals surface area contributed by atoms with Crippen molar-refractivity contribution in [2.75, 3.05) is 11.1 Å². The number of rotatable bonds is 8. The molecule has 9 heteroatoms. The zero-order chi connectivity index (χ0) is 21.7. The van der Waals surface area contributed by atoms with Gasteiger partial charge in [0.15, 0.2) is 11.0 Å². The van der Waals surface area contributed by atoms with Crippen LogP contribution in [-0.4, -0.2) is 26.4 Å². The fourth-order valence-electron chi connectivity index (χ4n) is 2.79. The van der Waals surface area contributed by atoms with Crippen molar-refractivity contribution in [1.29, 1.82) is 0 Å². The average Bonchev–Trinajstić information content (AvgIpc) is 3.13. The van der Waals surface area contributed by atoms with Crippen molar-refractivity contribution in [2.45, 2.75) is 39.1 Å². The third kappa shape index (κ3) is 5.28. The van der Waals surface area contributed by atoms with E-state index in [0.717, 1.165) is 11.3 Å². The first-order valence-electron chi connectivity index (χ1n) is 9.38. The topological polar surface area (TPSA) is 69.0 Å². The summed E-state index contributed by atoms with van der Waals surface area (Å²) in [6.45, 7) is 7.05. The molecule has 30 heavy (non-hydrogen) atoms. The van der Waals surface area contributed by atoms with Crippen LogP contribution in [0.15, 0.2) is 41.6 Å². The second kappa shape index (κ2) is 10.2. The van der Waals surface area contributed by atoms with Crippen LogP contribution in [0.2, 0.25) is 10.0 Å². The summed E-state index contributed by atoms with van der Waals surface area (Å²) in [5, 5.41) is 12.6. The van der Waals surface area contributed by atoms with Crippen molar-refractivity contribution < 1.29 is 9.53 Å². The zero-order valence-electron chi connectivity index (χ0n) is 16.9. The summed E-state index contributed by atoms with van der Waals surface area (Å²) in [5.41, 5.74) is 2.76. The van der Waals surface area contributed by atoms with Gasteiger partial charge in [0.25, 0.3) is 0 Å². The van der Waals surface area contributed by atoms with E-state index >= 15 is 0 Å². The van der Waals surface area contributed by atoms with E-state index in [0.29, 0.717) is 39.9 Å². The molecule has 1 N–H and O–H groups in total. The minimum absolute atomic E-state index is 0.165. The first kappa shape index (κ1) is 22.5. The first-order chi connectivity index (χ1) is 14.4. The highest BCUT2D eigenvalue weighted by atomic mass is 35.5. The van der Waals surface area contributed by atoms with Crippen LogP contribution in [0.4, 0.5) is 5.69 Å². The number of aryl methyl sites for hydroxylation is 1. The molecule has 0 saturated carbocycles. The number of nitrogens with one attached hydrogen (secondary N) is 1. The van der Waals surface area contributed by atoms with E-state index in [2.05, 4.69) is 15.5 Å². The smallest absolute Gasteiger partial charge is 0.234 e. The monoisotopic (exact) mass is 464 g/mol. The molecule has 3 rings (SSSR count). The summed E-state index contributed by atoms with van der Waals surface area (Å²) in [4.78, 5) is 12.3. The number of aromatic nitrogens is 3. The Labute approximate surface area is 189 Å². The number of benzene rings is 2. The van der Waals surface area contributed by atoms with Crippen LogP contribution in [0.1, 0.15) is 23.9 Å². The maximum atomic E-state index is 12.3. The molecule has 158 valence electrons. The van der Waals surface area contributed by atoms with Crippen LogP contribution in [0.3, 0.4) is 0 Å². The summed E-state index contributed by atoms with van der Waals surface area (Å²) in [6, 6.07) is 11.1. The number of carbonyl (C=O) groups is 1. The van der Waals surface area contributed by atoms with Gasteiger partial charge in [0.05, 0.1) is 21.5 Å². The van der Waals surface area contributed by atoms with E-state index in [-0.39, 0.29) is 11.7 Å². The van der Waals surface area contributed by atoms with E-state index in [1.54, 1.807) is 18.2 Å². The molecule has 0 aliphatic rings. The lowest BCUT2D eigenvalue weighted by molar-refractivity contribution is -0.113. The number of nitrogens with zero attached hydrogens (tertiary/aromatic N) is 3. The molecule has 0 unspecified atom stereocenters. The molecule has 0 saturated heterocycles. The van der Waals surface area contributed by atoms with E-state index < -0.39 is 0 Å². The lowest BCUT2D eigenvalue weighted by Crippen LogP contribution is -2.15. The van der Waals surface area contributed by atoms with Crippen molar-refractivity contribution in [3.8, 4) is 5.75 Å². The normalized spacial score (nSPS) is 10.8. The van der Waals surface area contributed by atoms with Crippen LogP contribution < -0.4 is 10.1 Å². The van der Waals surface area contributed by atoms with Crippen LogP contribution in [0.25, 0.3) is 0 Å². The molecule has 1 aromatic heterocycles. The van der Waals surface area contributed by atoms with Gasteiger partial charge in [-0.15, -0.1) is 10.2 Å². The highest BCUT2D eigenvalue weighted by Crippen LogP contribution is 2.30.